The van der Waals surface area contributed by atoms with Gasteiger partial charge in [0.1, 0.15) is 11.5 Å². The summed E-state index contributed by atoms with van der Waals surface area (Å²) in [6.07, 6.45) is 3.47. The molecular formula is C24H25ClO4. The van der Waals surface area contributed by atoms with Gasteiger partial charge in [-0.1, -0.05) is 38.1 Å². The number of carbonyl (C=O) groups is 2. The molecule has 2 aromatic rings. The van der Waals surface area contributed by atoms with Gasteiger partial charge in [-0.2, -0.15) is 0 Å². The van der Waals surface area contributed by atoms with E-state index in [1.165, 1.54) is 0 Å². The van der Waals surface area contributed by atoms with Crippen LogP contribution in [0.5, 0.6) is 11.5 Å². The third-order valence-corrected chi connectivity index (χ3v) is 5.58. The van der Waals surface area contributed by atoms with Crippen LogP contribution >= 0.6 is 11.6 Å². The fourth-order valence-electron chi connectivity index (χ4n) is 3.66. The van der Waals surface area contributed by atoms with Gasteiger partial charge in [0.25, 0.3) is 0 Å². The second-order valence-electron chi connectivity index (χ2n) is 7.66. The smallest absolute Gasteiger partial charge is 0.338 e. The lowest BCUT2D eigenvalue weighted by Crippen LogP contribution is -2.20. The van der Waals surface area contributed by atoms with Crippen molar-refractivity contribution in [3.8, 4) is 11.5 Å². The first-order chi connectivity index (χ1) is 13.7. The fourth-order valence-corrected chi connectivity index (χ4v) is 3.83. The number of ether oxygens (including phenoxy) is 2. The Balaban J connectivity index is 2.31. The van der Waals surface area contributed by atoms with Gasteiger partial charge in [-0.25, -0.2) is 9.59 Å². The Bertz CT molecular complexity index is 1040. The Labute approximate surface area is 176 Å². The van der Waals surface area contributed by atoms with E-state index in [1.807, 2.05) is 0 Å². The lowest BCUT2D eigenvalue weighted by Gasteiger charge is -2.28. The molecule has 0 spiro atoms. The second-order valence-corrected chi connectivity index (χ2v) is 8.10. The number of hydrogen-bond donors (Lipinski definition) is 0. The maximum absolute atomic E-state index is 12.4. The molecule has 0 saturated carbocycles. The van der Waals surface area contributed by atoms with E-state index in [0.29, 0.717) is 44.4 Å². The monoisotopic (exact) mass is 412 g/mol. The van der Waals surface area contributed by atoms with Crippen LogP contribution in [0, 0.1) is 5.92 Å². The predicted octanol–water partition coefficient (Wildman–Crippen LogP) is 5.97. The predicted molar refractivity (Wildman–Crippen MR) is 116 cm³/mol. The highest BCUT2D eigenvalue weighted by molar-refractivity contribution is 6.31. The van der Waals surface area contributed by atoms with E-state index in [1.54, 1.807) is 32.0 Å². The molecule has 152 valence electrons. The van der Waals surface area contributed by atoms with Crippen LogP contribution in [-0.4, -0.2) is 11.9 Å². The number of benzene rings is 2. The Kier molecular flexibility index (Phi) is 6.13. The number of carbonyl (C=O) groups excluding carboxylic acids is 2. The second kappa shape index (κ2) is 8.42. The summed E-state index contributed by atoms with van der Waals surface area (Å²) >= 11 is 6.25. The van der Waals surface area contributed by atoms with E-state index in [-0.39, 0.29) is 0 Å². The highest BCUT2D eigenvalue weighted by Crippen LogP contribution is 2.46. The molecule has 1 aliphatic carbocycles. The zero-order chi connectivity index (χ0) is 21.3. The average Bonchev–Trinajstić information content (AvgIpc) is 2.69. The molecule has 0 aliphatic heterocycles. The summed E-state index contributed by atoms with van der Waals surface area (Å²) in [7, 11) is 0. The molecular weight excluding hydrogens is 388 g/mol. The number of rotatable bonds is 5. The molecule has 0 amide bonds. The first kappa shape index (κ1) is 21.1. The van der Waals surface area contributed by atoms with Gasteiger partial charge in [-0.05, 0) is 57.2 Å². The molecule has 29 heavy (non-hydrogen) atoms. The minimum absolute atomic E-state index is 0.314. The van der Waals surface area contributed by atoms with Gasteiger partial charge >= 0.3 is 11.9 Å². The van der Waals surface area contributed by atoms with Gasteiger partial charge in [0.05, 0.1) is 0 Å². The van der Waals surface area contributed by atoms with Crippen LogP contribution in [-0.2, 0) is 22.4 Å². The van der Waals surface area contributed by atoms with E-state index in [4.69, 9.17) is 21.1 Å². The maximum atomic E-state index is 12.4. The number of hydrogen-bond acceptors (Lipinski definition) is 4. The summed E-state index contributed by atoms with van der Waals surface area (Å²) in [6.45, 7) is 12.8. The van der Waals surface area contributed by atoms with Crippen molar-refractivity contribution in [3.05, 3.63) is 58.7 Å². The van der Waals surface area contributed by atoms with Crippen molar-refractivity contribution >= 4 is 34.3 Å². The number of esters is 2. The van der Waals surface area contributed by atoms with Crippen molar-refractivity contribution < 1.29 is 19.1 Å². The third kappa shape index (κ3) is 4.23. The molecule has 0 aromatic heterocycles. The Hall–Kier alpha value is -2.59. The largest absolute Gasteiger partial charge is 0.422 e. The zero-order valence-electron chi connectivity index (χ0n) is 17.1. The molecule has 1 aliphatic rings. The van der Waals surface area contributed by atoms with Crippen LogP contribution in [0.15, 0.2) is 42.5 Å². The maximum Gasteiger partial charge on any atom is 0.338 e. The van der Waals surface area contributed by atoms with Crippen molar-refractivity contribution in [1.29, 1.82) is 0 Å². The van der Waals surface area contributed by atoms with E-state index in [0.717, 1.165) is 36.8 Å². The summed E-state index contributed by atoms with van der Waals surface area (Å²) in [5.41, 5.74) is 2.44. The molecule has 5 heteroatoms. The molecule has 0 bridgehead atoms. The van der Waals surface area contributed by atoms with E-state index < -0.39 is 11.9 Å². The topological polar surface area (TPSA) is 52.6 Å². The standard InChI is InChI=1S/C24H25ClO4/c1-6-15-7-9-17-19(11-15)21(28-23(26)13(2)3)18-10-8-16(25)12-20(18)22(17)29-24(27)14(4)5/h8,10,12,15H,2,4,6-7,9,11H2,1,3,5H3. The zero-order valence-corrected chi connectivity index (χ0v) is 17.8. The van der Waals surface area contributed by atoms with Crippen LogP contribution in [0.2, 0.25) is 5.02 Å². The van der Waals surface area contributed by atoms with Gasteiger partial charge < -0.3 is 9.47 Å². The van der Waals surface area contributed by atoms with Gasteiger partial charge in [0.2, 0.25) is 0 Å². The number of halogens is 1. The van der Waals surface area contributed by atoms with Crippen molar-refractivity contribution in [2.75, 3.05) is 0 Å². The van der Waals surface area contributed by atoms with Crippen LogP contribution in [0.3, 0.4) is 0 Å². The number of fused-ring (bicyclic) bond motifs is 2. The normalized spacial score (nSPS) is 15.5. The average molecular weight is 413 g/mol. The highest BCUT2D eigenvalue weighted by Gasteiger charge is 2.29. The van der Waals surface area contributed by atoms with Gasteiger partial charge in [-0.15, -0.1) is 0 Å². The summed E-state index contributed by atoms with van der Waals surface area (Å²) in [5.74, 6) is 0.494. The molecule has 1 atom stereocenters. The lowest BCUT2D eigenvalue weighted by atomic mass is 9.80. The van der Waals surface area contributed by atoms with Crippen molar-refractivity contribution in [1.82, 2.24) is 0 Å². The van der Waals surface area contributed by atoms with Crippen LogP contribution < -0.4 is 9.47 Å². The summed E-state index contributed by atoms with van der Waals surface area (Å²) in [6, 6.07) is 5.27. The third-order valence-electron chi connectivity index (χ3n) is 5.34. The Morgan fingerprint density at radius 2 is 1.62 bits per heavy atom. The first-order valence-electron chi connectivity index (χ1n) is 9.75. The quantitative estimate of drug-likeness (QED) is 0.345. The van der Waals surface area contributed by atoms with E-state index in [2.05, 4.69) is 20.1 Å². The Morgan fingerprint density at radius 3 is 2.17 bits per heavy atom. The SMILES string of the molecule is C=C(C)C(=O)Oc1c2c(c(OC(=O)C(=C)C)c3ccc(Cl)cc13)CC(CC)CC2. The summed E-state index contributed by atoms with van der Waals surface area (Å²) in [4.78, 5) is 24.7. The summed E-state index contributed by atoms with van der Waals surface area (Å²) in [5, 5.41) is 1.83. The van der Waals surface area contributed by atoms with Crippen LogP contribution in [0.4, 0.5) is 0 Å². The molecule has 1 unspecified atom stereocenters. The van der Waals surface area contributed by atoms with E-state index >= 15 is 0 Å². The van der Waals surface area contributed by atoms with Gasteiger partial charge in [-0.3, -0.25) is 0 Å². The highest BCUT2D eigenvalue weighted by atomic mass is 35.5. The van der Waals surface area contributed by atoms with Crippen LogP contribution in [0.1, 0.15) is 44.7 Å². The first-order valence-corrected chi connectivity index (χ1v) is 10.1. The molecule has 3 rings (SSSR count). The Morgan fingerprint density at radius 1 is 1.03 bits per heavy atom. The molecule has 0 N–H and O–H groups in total. The lowest BCUT2D eigenvalue weighted by molar-refractivity contribution is -0.131. The van der Waals surface area contributed by atoms with Gasteiger partial charge in [0, 0.05) is 38.1 Å². The van der Waals surface area contributed by atoms with Crippen LogP contribution in [0.25, 0.3) is 10.8 Å². The molecule has 0 radical (unpaired) electrons. The van der Waals surface area contributed by atoms with Crippen molar-refractivity contribution in [2.45, 2.75) is 46.5 Å². The summed E-state index contributed by atoms with van der Waals surface area (Å²) < 4.78 is 11.6. The molecule has 0 heterocycles. The minimum atomic E-state index is -0.488. The molecule has 2 aromatic carbocycles. The fraction of sp³-hybridized carbons (Fsp3) is 0.333. The van der Waals surface area contributed by atoms with Crippen molar-refractivity contribution in [2.24, 2.45) is 5.92 Å². The van der Waals surface area contributed by atoms with Crippen molar-refractivity contribution in [3.63, 3.8) is 0 Å². The molecule has 0 saturated heterocycles. The molecule has 4 nitrogen and oxygen atoms in total. The molecule has 0 fully saturated rings. The van der Waals surface area contributed by atoms with Gasteiger partial charge in [0.15, 0.2) is 0 Å². The minimum Gasteiger partial charge on any atom is -0.422 e. The van der Waals surface area contributed by atoms with E-state index in [9.17, 15) is 9.59 Å².